The van der Waals surface area contributed by atoms with Crippen molar-refractivity contribution in [3.8, 4) is 11.3 Å². The number of hydrogen-bond acceptors (Lipinski definition) is 4. The van der Waals surface area contributed by atoms with Gasteiger partial charge in [0.05, 0.1) is 20.8 Å². The van der Waals surface area contributed by atoms with Gasteiger partial charge in [-0.1, -0.05) is 41.7 Å². The molecule has 0 unspecified atom stereocenters. The Hall–Kier alpha value is -2.18. The van der Waals surface area contributed by atoms with Crippen molar-refractivity contribution in [2.75, 3.05) is 6.26 Å². The molecule has 116 valence electrons. The first-order valence-electron chi connectivity index (χ1n) is 7.12. The predicted octanol–water partition coefficient (Wildman–Crippen LogP) is 3.93. The molecule has 0 radical (unpaired) electrons. The molecular formula is C17H14N2O2S2. The van der Waals surface area contributed by atoms with Gasteiger partial charge in [-0.05, 0) is 25.1 Å². The van der Waals surface area contributed by atoms with E-state index in [2.05, 4.69) is 4.40 Å². The zero-order chi connectivity index (χ0) is 16.2. The Kier molecular flexibility index (Phi) is 3.08. The van der Waals surface area contributed by atoms with Crippen LogP contribution in [-0.2, 0) is 9.84 Å². The van der Waals surface area contributed by atoms with Crippen LogP contribution in [0.25, 0.3) is 26.4 Å². The summed E-state index contributed by atoms with van der Waals surface area (Å²) in [5, 5.41) is 0. The quantitative estimate of drug-likeness (QED) is 0.555. The van der Waals surface area contributed by atoms with E-state index >= 15 is 0 Å². The maximum Gasteiger partial charge on any atom is 0.195 e. The van der Waals surface area contributed by atoms with Crippen molar-refractivity contribution in [1.29, 1.82) is 0 Å². The topological polar surface area (TPSA) is 51.4 Å². The van der Waals surface area contributed by atoms with Gasteiger partial charge in [0.25, 0.3) is 0 Å². The summed E-state index contributed by atoms with van der Waals surface area (Å²) >= 11 is 1.51. The average molecular weight is 342 g/mol. The zero-order valence-corrected chi connectivity index (χ0v) is 14.3. The summed E-state index contributed by atoms with van der Waals surface area (Å²) < 4.78 is 26.5. The Morgan fingerprint density at radius 2 is 1.83 bits per heavy atom. The van der Waals surface area contributed by atoms with Gasteiger partial charge in [-0.25, -0.2) is 13.4 Å². The maximum absolute atomic E-state index is 11.7. The number of benzene rings is 2. The lowest BCUT2D eigenvalue weighted by molar-refractivity contribution is 0.602. The molecule has 2 aromatic heterocycles. The molecule has 0 bridgehead atoms. The fourth-order valence-corrected chi connectivity index (χ4v) is 4.62. The van der Waals surface area contributed by atoms with Crippen LogP contribution < -0.4 is 0 Å². The third kappa shape index (κ3) is 2.26. The van der Waals surface area contributed by atoms with Crippen LogP contribution in [-0.4, -0.2) is 24.1 Å². The van der Waals surface area contributed by atoms with E-state index in [9.17, 15) is 8.42 Å². The lowest BCUT2D eigenvalue weighted by atomic mass is 10.1. The molecule has 0 atom stereocenters. The van der Waals surface area contributed by atoms with Gasteiger partial charge in [0.15, 0.2) is 14.8 Å². The molecule has 4 rings (SSSR count). The molecule has 6 heteroatoms. The van der Waals surface area contributed by atoms with Crippen molar-refractivity contribution >= 4 is 36.4 Å². The van der Waals surface area contributed by atoms with Gasteiger partial charge in [0.2, 0.25) is 0 Å². The molecule has 0 spiro atoms. The molecular weight excluding hydrogens is 328 g/mol. The van der Waals surface area contributed by atoms with Gasteiger partial charge in [-0.15, -0.1) is 0 Å². The molecule has 0 aliphatic heterocycles. The molecule has 2 aromatic carbocycles. The van der Waals surface area contributed by atoms with Crippen molar-refractivity contribution in [2.24, 2.45) is 0 Å². The fraction of sp³-hybridized carbons (Fsp3) is 0.118. The summed E-state index contributed by atoms with van der Waals surface area (Å²) in [6.07, 6.45) is 1.23. The van der Waals surface area contributed by atoms with E-state index < -0.39 is 9.84 Å². The molecule has 0 aliphatic carbocycles. The minimum absolute atomic E-state index is 0.343. The molecule has 0 fully saturated rings. The Bertz CT molecular complexity index is 1140. The average Bonchev–Trinajstić information content (AvgIpc) is 3.03. The van der Waals surface area contributed by atoms with Crippen molar-refractivity contribution in [1.82, 2.24) is 9.38 Å². The fourth-order valence-electron chi connectivity index (χ4n) is 2.79. The Balaban J connectivity index is 1.99. The Labute approximate surface area is 138 Å². The van der Waals surface area contributed by atoms with Crippen LogP contribution in [0.5, 0.6) is 0 Å². The van der Waals surface area contributed by atoms with Crippen LogP contribution in [0.2, 0.25) is 0 Å². The number of nitrogens with zero attached hydrogens (tertiary/aromatic N) is 2. The van der Waals surface area contributed by atoms with E-state index in [-0.39, 0.29) is 0 Å². The third-order valence-corrected chi connectivity index (χ3v) is 6.04. The second-order valence-corrected chi connectivity index (χ2v) is 8.56. The third-order valence-electron chi connectivity index (χ3n) is 3.93. The van der Waals surface area contributed by atoms with Crippen molar-refractivity contribution in [3.05, 3.63) is 54.2 Å². The molecule has 0 aliphatic rings. The number of imidazole rings is 1. The van der Waals surface area contributed by atoms with Crippen LogP contribution in [0, 0.1) is 6.92 Å². The summed E-state index contributed by atoms with van der Waals surface area (Å²) in [7, 11) is -3.20. The van der Waals surface area contributed by atoms with E-state index in [1.165, 1.54) is 17.6 Å². The van der Waals surface area contributed by atoms with Gasteiger partial charge in [-0.2, -0.15) is 0 Å². The van der Waals surface area contributed by atoms with E-state index in [0.717, 1.165) is 32.1 Å². The number of aromatic nitrogens is 2. The Morgan fingerprint density at radius 3 is 2.52 bits per heavy atom. The number of sulfone groups is 1. The molecule has 4 aromatic rings. The first-order valence-corrected chi connectivity index (χ1v) is 9.83. The number of fused-ring (bicyclic) bond motifs is 3. The van der Waals surface area contributed by atoms with E-state index in [1.807, 2.05) is 43.3 Å². The minimum atomic E-state index is -3.20. The second-order valence-electron chi connectivity index (χ2n) is 5.53. The molecule has 0 saturated heterocycles. The van der Waals surface area contributed by atoms with Gasteiger partial charge < -0.3 is 0 Å². The zero-order valence-electron chi connectivity index (χ0n) is 12.6. The second kappa shape index (κ2) is 4.91. The lowest BCUT2D eigenvalue weighted by Gasteiger charge is -2.01. The molecule has 0 amide bonds. The molecule has 2 heterocycles. The van der Waals surface area contributed by atoms with Crippen molar-refractivity contribution < 1.29 is 8.42 Å². The monoisotopic (exact) mass is 342 g/mol. The summed E-state index contributed by atoms with van der Waals surface area (Å²) in [5.41, 5.74) is 4.10. The first-order chi connectivity index (χ1) is 10.9. The van der Waals surface area contributed by atoms with Gasteiger partial charge in [-0.3, -0.25) is 4.40 Å². The van der Waals surface area contributed by atoms with E-state index in [0.29, 0.717) is 4.90 Å². The molecule has 4 nitrogen and oxygen atoms in total. The highest BCUT2D eigenvalue weighted by molar-refractivity contribution is 7.90. The summed E-state index contributed by atoms with van der Waals surface area (Å²) in [5.74, 6) is 0. The summed E-state index contributed by atoms with van der Waals surface area (Å²) in [6.45, 7) is 2.04. The van der Waals surface area contributed by atoms with Crippen LogP contribution in [0.15, 0.2) is 53.4 Å². The largest absolute Gasteiger partial charge is 0.287 e. The highest BCUT2D eigenvalue weighted by atomic mass is 32.2. The van der Waals surface area contributed by atoms with Crippen LogP contribution >= 0.6 is 11.3 Å². The first kappa shape index (κ1) is 14.4. The molecule has 0 saturated carbocycles. The van der Waals surface area contributed by atoms with E-state index in [1.54, 1.807) is 12.1 Å². The minimum Gasteiger partial charge on any atom is -0.287 e. The van der Waals surface area contributed by atoms with E-state index in [4.69, 9.17) is 4.98 Å². The Morgan fingerprint density at radius 1 is 1.09 bits per heavy atom. The number of rotatable bonds is 2. The molecule has 0 N–H and O–H groups in total. The SMILES string of the molecule is Cc1c(-c2ccccc2)nc2sc3cc(S(C)(=O)=O)ccc3n12. The predicted molar refractivity (Wildman–Crippen MR) is 93.9 cm³/mol. The van der Waals surface area contributed by atoms with Gasteiger partial charge in [0.1, 0.15) is 0 Å². The summed E-state index contributed by atoms with van der Waals surface area (Å²) in [6, 6.07) is 15.3. The van der Waals surface area contributed by atoms with Crippen LogP contribution in [0.3, 0.4) is 0 Å². The van der Waals surface area contributed by atoms with Crippen molar-refractivity contribution in [3.63, 3.8) is 0 Å². The lowest BCUT2D eigenvalue weighted by Crippen LogP contribution is -1.96. The van der Waals surface area contributed by atoms with Crippen molar-refractivity contribution in [2.45, 2.75) is 11.8 Å². The van der Waals surface area contributed by atoms with Crippen LogP contribution in [0.4, 0.5) is 0 Å². The standard InChI is InChI=1S/C17H14N2O2S2/c1-11-16(12-6-4-3-5-7-12)18-17-19(11)14-9-8-13(23(2,20)21)10-15(14)22-17/h3-10H,1-2H3. The molecule has 23 heavy (non-hydrogen) atoms. The number of aryl methyl sites for hydroxylation is 1. The summed E-state index contributed by atoms with van der Waals surface area (Å²) in [4.78, 5) is 5.96. The normalized spacial score (nSPS) is 12.3. The highest BCUT2D eigenvalue weighted by Crippen LogP contribution is 2.33. The number of hydrogen-bond donors (Lipinski definition) is 0. The van der Waals surface area contributed by atoms with Crippen LogP contribution in [0.1, 0.15) is 5.69 Å². The maximum atomic E-state index is 11.7. The van der Waals surface area contributed by atoms with Gasteiger partial charge >= 0.3 is 0 Å². The van der Waals surface area contributed by atoms with Gasteiger partial charge in [0, 0.05) is 17.5 Å². The smallest absolute Gasteiger partial charge is 0.195 e. The number of thiazole rings is 1. The highest BCUT2D eigenvalue weighted by Gasteiger charge is 2.16.